The maximum Gasteiger partial charge on any atom is 0.147 e. The molecule has 0 saturated heterocycles. The highest BCUT2D eigenvalue weighted by Crippen LogP contribution is 2.35. The molecule has 2 aromatic heterocycles. The van der Waals surface area contributed by atoms with Crippen LogP contribution in [0.2, 0.25) is 0 Å². The smallest absolute Gasteiger partial charge is 0.147 e. The Bertz CT molecular complexity index is 547. The number of nitrogens with zero attached hydrogens (tertiary/aromatic N) is 2. The van der Waals surface area contributed by atoms with E-state index in [1.54, 1.807) is 12.4 Å². The van der Waals surface area contributed by atoms with Crippen molar-refractivity contribution in [1.29, 1.82) is 0 Å². The number of hydrogen-bond donors (Lipinski definition) is 0. The van der Waals surface area contributed by atoms with Crippen LogP contribution < -0.4 is 9.47 Å². The molecule has 3 rings (SSSR count). The van der Waals surface area contributed by atoms with Gasteiger partial charge in [-0.2, -0.15) is 0 Å². The number of aromatic nitrogens is 2. The molecule has 1 aliphatic rings. The molecule has 0 radical (unpaired) electrons. The Hall–Kier alpha value is -2.10. The van der Waals surface area contributed by atoms with Crippen LogP contribution in [-0.4, -0.2) is 22.2 Å². The summed E-state index contributed by atoms with van der Waals surface area (Å²) in [6, 6.07) is 7.62. The standard InChI is InChI=1S/C16H18N2O2/c1-11-7-8-12(2)20-14-6-4-10-18-16(14)15-13(19-11)5-3-9-17-15/h3-6,9-12H,7-8H2,1-2H3/t11-,12-/m1/s1. The maximum atomic E-state index is 6.02. The van der Waals surface area contributed by atoms with Crippen molar-refractivity contribution in [3.05, 3.63) is 36.7 Å². The van der Waals surface area contributed by atoms with Gasteiger partial charge in [-0.1, -0.05) is 0 Å². The second-order valence-electron chi connectivity index (χ2n) is 5.13. The van der Waals surface area contributed by atoms with Gasteiger partial charge >= 0.3 is 0 Å². The van der Waals surface area contributed by atoms with Crippen LogP contribution in [0.5, 0.6) is 11.5 Å². The maximum absolute atomic E-state index is 6.02. The highest BCUT2D eigenvalue weighted by Gasteiger charge is 2.20. The zero-order chi connectivity index (χ0) is 13.9. The molecule has 4 heteroatoms. The quantitative estimate of drug-likeness (QED) is 0.735. The van der Waals surface area contributed by atoms with Gasteiger partial charge in [-0.3, -0.25) is 9.97 Å². The summed E-state index contributed by atoms with van der Waals surface area (Å²) in [5.41, 5.74) is 1.48. The molecule has 4 nitrogen and oxygen atoms in total. The molecule has 0 aromatic carbocycles. The van der Waals surface area contributed by atoms with Gasteiger partial charge in [-0.25, -0.2) is 0 Å². The van der Waals surface area contributed by atoms with Crippen LogP contribution in [0.1, 0.15) is 26.7 Å². The lowest BCUT2D eigenvalue weighted by Gasteiger charge is -2.23. The Morgan fingerprint density at radius 1 is 0.850 bits per heavy atom. The monoisotopic (exact) mass is 270 g/mol. The van der Waals surface area contributed by atoms with E-state index in [1.807, 2.05) is 24.3 Å². The van der Waals surface area contributed by atoms with E-state index >= 15 is 0 Å². The van der Waals surface area contributed by atoms with Gasteiger partial charge in [0.05, 0.1) is 12.2 Å². The number of pyridine rings is 2. The van der Waals surface area contributed by atoms with E-state index in [1.165, 1.54) is 0 Å². The van der Waals surface area contributed by atoms with Crippen molar-refractivity contribution in [2.24, 2.45) is 0 Å². The molecule has 0 unspecified atom stereocenters. The van der Waals surface area contributed by atoms with E-state index in [0.717, 1.165) is 35.7 Å². The zero-order valence-electron chi connectivity index (χ0n) is 11.7. The summed E-state index contributed by atoms with van der Waals surface area (Å²) in [4.78, 5) is 8.85. The number of fused-ring (bicyclic) bond motifs is 3. The van der Waals surface area contributed by atoms with Crippen molar-refractivity contribution < 1.29 is 9.47 Å². The molecular formula is C16H18N2O2. The third kappa shape index (κ3) is 2.59. The lowest BCUT2D eigenvalue weighted by molar-refractivity contribution is 0.157. The predicted molar refractivity (Wildman–Crippen MR) is 76.9 cm³/mol. The van der Waals surface area contributed by atoms with E-state index in [4.69, 9.17) is 9.47 Å². The molecule has 0 spiro atoms. The summed E-state index contributed by atoms with van der Waals surface area (Å²) < 4.78 is 12.0. The van der Waals surface area contributed by atoms with Gasteiger partial charge < -0.3 is 9.47 Å². The van der Waals surface area contributed by atoms with Gasteiger partial charge in [0.1, 0.15) is 22.9 Å². The second-order valence-corrected chi connectivity index (χ2v) is 5.13. The summed E-state index contributed by atoms with van der Waals surface area (Å²) >= 11 is 0. The fourth-order valence-electron chi connectivity index (χ4n) is 2.35. The molecule has 3 heterocycles. The molecule has 0 fully saturated rings. The van der Waals surface area contributed by atoms with Crippen molar-refractivity contribution in [3.63, 3.8) is 0 Å². The van der Waals surface area contributed by atoms with Gasteiger partial charge in [-0.05, 0) is 51.0 Å². The molecule has 0 bridgehead atoms. The molecule has 0 N–H and O–H groups in total. The van der Waals surface area contributed by atoms with Crippen molar-refractivity contribution in [2.45, 2.75) is 38.9 Å². The molecule has 0 amide bonds. The van der Waals surface area contributed by atoms with Crippen LogP contribution >= 0.6 is 0 Å². The average molecular weight is 270 g/mol. The van der Waals surface area contributed by atoms with Crippen molar-refractivity contribution in [2.75, 3.05) is 0 Å². The summed E-state index contributed by atoms with van der Waals surface area (Å²) in [6.45, 7) is 4.15. The Morgan fingerprint density at radius 2 is 1.30 bits per heavy atom. The van der Waals surface area contributed by atoms with Crippen LogP contribution in [0.25, 0.3) is 11.4 Å². The third-order valence-corrected chi connectivity index (χ3v) is 3.40. The molecule has 2 aromatic rings. The average Bonchev–Trinajstić information content (AvgIpc) is 2.46. The van der Waals surface area contributed by atoms with E-state index in [0.29, 0.717) is 0 Å². The molecule has 0 aliphatic carbocycles. The normalized spacial score (nSPS) is 21.9. The van der Waals surface area contributed by atoms with Gasteiger partial charge in [0.15, 0.2) is 0 Å². The molecule has 20 heavy (non-hydrogen) atoms. The Labute approximate surface area is 118 Å². The Morgan fingerprint density at radius 3 is 1.75 bits per heavy atom. The van der Waals surface area contributed by atoms with Crippen LogP contribution in [0.4, 0.5) is 0 Å². The summed E-state index contributed by atoms with van der Waals surface area (Å²) in [7, 11) is 0. The Kier molecular flexibility index (Phi) is 3.54. The van der Waals surface area contributed by atoms with Crippen molar-refractivity contribution >= 4 is 0 Å². The zero-order valence-corrected chi connectivity index (χ0v) is 11.7. The van der Waals surface area contributed by atoms with Crippen LogP contribution in [0.15, 0.2) is 36.7 Å². The first-order valence-electron chi connectivity index (χ1n) is 6.98. The van der Waals surface area contributed by atoms with Crippen LogP contribution in [-0.2, 0) is 0 Å². The lowest BCUT2D eigenvalue weighted by atomic mass is 10.1. The topological polar surface area (TPSA) is 44.2 Å². The number of rotatable bonds is 0. The molecule has 1 aliphatic heterocycles. The first kappa shape index (κ1) is 12.9. The van der Waals surface area contributed by atoms with Crippen molar-refractivity contribution in [3.8, 4) is 22.9 Å². The van der Waals surface area contributed by atoms with Gasteiger partial charge in [0, 0.05) is 12.4 Å². The SMILES string of the molecule is C[C@@H]1CC[C@@H](C)Oc2cccnc2-c2ncccc2O1. The van der Waals surface area contributed by atoms with E-state index in [2.05, 4.69) is 23.8 Å². The third-order valence-electron chi connectivity index (χ3n) is 3.40. The Balaban J connectivity index is 2.13. The van der Waals surface area contributed by atoms with Crippen LogP contribution in [0, 0.1) is 0 Å². The van der Waals surface area contributed by atoms with E-state index in [-0.39, 0.29) is 12.2 Å². The molecule has 2 atom stereocenters. The highest BCUT2D eigenvalue weighted by atomic mass is 16.5. The second kappa shape index (κ2) is 5.49. The largest absolute Gasteiger partial charge is 0.488 e. The number of ether oxygens (including phenoxy) is 2. The summed E-state index contributed by atoms with van der Waals surface area (Å²) in [5.74, 6) is 1.52. The fraction of sp³-hybridized carbons (Fsp3) is 0.375. The summed E-state index contributed by atoms with van der Waals surface area (Å²) in [5, 5.41) is 0. The van der Waals surface area contributed by atoms with Crippen molar-refractivity contribution in [1.82, 2.24) is 9.97 Å². The fourth-order valence-corrected chi connectivity index (χ4v) is 2.35. The highest BCUT2D eigenvalue weighted by molar-refractivity contribution is 5.68. The van der Waals surface area contributed by atoms with Crippen LogP contribution in [0.3, 0.4) is 0 Å². The first-order chi connectivity index (χ1) is 9.74. The molecule has 0 saturated carbocycles. The minimum absolute atomic E-state index is 0.134. The van der Waals surface area contributed by atoms with Gasteiger partial charge in [0.25, 0.3) is 0 Å². The predicted octanol–water partition coefficient (Wildman–Crippen LogP) is 3.47. The molecular weight excluding hydrogens is 252 g/mol. The van der Waals surface area contributed by atoms with Gasteiger partial charge in [0.2, 0.25) is 0 Å². The first-order valence-corrected chi connectivity index (χ1v) is 6.98. The van der Waals surface area contributed by atoms with Gasteiger partial charge in [-0.15, -0.1) is 0 Å². The van der Waals surface area contributed by atoms with E-state index in [9.17, 15) is 0 Å². The minimum Gasteiger partial charge on any atom is -0.488 e. The number of hydrogen-bond acceptors (Lipinski definition) is 4. The molecule has 104 valence electrons. The lowest BCUT2D eigenvalue weighted by Crippen LogP contribution is -2.20. The summed E-state index contributed by atoms with van der Waals surface area (Å²) in [6.07, 6.45) is 5.67. The van der Waals surface area contributed by atoms with E-state index < -0.39 is 0 Å². The minimum atomic E-state index is 0.134.